The van der Waals surface area contributed by atoms with E-state index >= 15 is 0 Å². The standard InChI is InChI=1S/C18H23BF3NO5/c1-16(2)17(3,4)28-19(27-16)12(10-23-5)8-11-6-7-13(15(24)25)14(9-11)26-18(20,21)22/h6-9,23H,10H2,1-5H3,(H,24,25). The topological polar surface area (TPSA) is 77.0 Å². The number of likely N-dealkylation sites (N-methyl/N-ethyl adjacent to an activating group) is 1. The number of benzene rings is 1. The number of aromatic carboxylic acids is 1. The van der Waals surface area contributed by atoms with Gasteiger partial charge in [0, 0.05) is 6.54 Å². The van der Waals surface area contributed by atoms with Gasteiger partial charge in [0.25, 0.3) is 0 Å². The van der Waals surface area contributed by atoms with Gasteiger partial charge in [-0.05, 0) is 57.9 Å². The number of halogens is 3. The van der Waals surface area contributed by atoms with Crippen LogP contribution in [0.15, 0.2) is 23.7 Å². The summed E-state index contributed by atoms with van der Waals surface area (Å²) in [5.74, 6) is -2.30. The van der Waals surface area contributed by atoms with Gasteiger partial charge in [0.15, 0.2) is 0 Å². The maximum Gasteiger partial charge on any atom is 0.573 e. The van der Waals surface area contributed by atoms with Gasteiger partial charge in [-0.25, -0.2) is 4.79 Å². The van der Waals surface area contributed by atoms with Crippen LogP contribution in [-0.2, 0) is 9.31 Å². The van der Waals surface area contributed by atoms with E-state index in [1.807, 2.05) is 27.7 Å². The number of hydrogen-bond donors (Lipinski definition) is 2. The normalized spacial score (nSPS) is 19.0. The smallest absolute Gasteiger partial charge is 0.478 e. The van der Waals surface area contributed by atoms with Crippen LogP contribution in [0.4, 0.5) is 13.2 Å². The predicted molar refractivity (Wildman–Crippen MR) is 98.1 cm³/mol. The number of carbonyl (C=O) groups is 1. The summed E-state index contributed by atoms with van der Waals surface area (Å²) in [4.78, 5) is 11.2. The van der Waals surface area contributed by atoms with Crippen molar-refractivity contribution in [2.75, 3.05) is 13.6 Å². The largest absolute Gasteiger partial charge is 0.573 e. The Morgan fingerprint density at radius 1 is 1.25 bits per heavy atom. The molecule has 0 aliphatic carbocycles. The Bertz CT molecular complexity index is 761. The fraction of sp³-hybridized carbons (Fsp3) is 0.500. The number of nitrogens with one attached hydrogen (secondary N) is 1. The summed E-state index contributed by atoms with van der Waals surface area (Å²) in [6.07, 6.45) is -3.42. The molecule has 6 nitrogen and oxygen atoms in total. The molecule has 0 radical (unpaired) electrons. The van der Waals surface area contributed by atoms with Crippen molar-refractivity contribution in [1.29, 1.82) is 0 Å². The summed E-state index contributed by atoms with van der Waals surface area (Å²) in [6.45, 7) is 7.91. The molecule has 0 unspecified atom stereocenters. The van der Waals surface area contributed by atoms with Crippen molar-refractivity contribution < 1.29 is 37.1 Å². The molecule has 0 saturated carbocycles. The minimum atomic E-state index is -5.01. The highest BCUT2D eigenvalue weighted by molar-refractivity contribution is 6.55. The van der Waals surface area contributed by atoms with Crippen molar-refractivity contribution in [3.05, 3.63) is 34.8 Å². The molecule has 1 aliphatic rings. The van der Waals surface area contributed by atoms with Crippen LogP contribution >= 0.6 is 0 Å². The Labute approximate surface area is 161 Å². The number of rotatable bonds is 6. The molecule has 0 spiro atoms. The van der Waals surface area contributed by atoms with Crippen molar-refractivity contribution in [2.24, 2.45) is 0 Å². The minimum absolute atomic E-state index is 0.323. The molecule has 154 valence electrons. The molecule has 1 heterocycles. The molecule has 2 rings (SSSR count). The molecule has 28 heavy (non-hydrogen) atoms. The lowest BCUT2D eigenvalue weighted by molar-refractivity contribution is -0.274. The van der Waals surface area contributed by atoms with Crippen molar-refractivity contribution in [1.82, 2.24) is 5.32 Å². The Kier molecular flexibility index (Phi) is 6.17. The summed E-state index contributed by atoms with van der Waals surface area (Å²) in [6, 6.07) is 3.49. The number of ether oxygens (including phenoxy) is 1. The zero-order valence-corrected chi connectivity index (χ0v) is 16.3. The van der Waals surface area contributed by atoms with Gasteiger partial charge in [0.2, 0.25) is 0 Å². The van der Waals surface area contributed by atoms with Gasteiger partial charge >= 0.3 is 19.5 Å². The monoisotopic (exact) mass is 401 g/mol. The van der Waals surface area contributed by atoms with E-state index in [0.717, 1.165) is 12.1 Å². The maximum atomic E-state index is 12.6. The zero-order valence-electron chi connectivity index (χ0n) is 16.3. The molecule has 1 aromatic rings. The molecule has 0 bridgehead atoms. The molecule has 1 saturated heterocycles. The van der Waals surface area contributed by atoms with E-state index in [1.165, 1.54) is 6.07 Å². The van der Waals surface area contributed by atoms with E-state index in [-0.39, 0.29) is 0 Å². The molecule has 1 aliphatic heterocycles. The third-order valence-electron chi connectivity index (χ3n) is 4.75. The van der Waals surface area contributed by atoms with E-state index in [1.54, 1.807) is 13.1 Å². The van der Waals surface area contributed by atoms with Gasteiger partial charge in [-0.2, -0.15) is 0 Å². The summed E-state index contributed by atoms with van der Waals surface area (Å²) < 4.78 is 53.8. The van der Waals surface area contributed by atoms with Crippen molar-refractivity contribution >= 4 is 19.2 Å². The van der Waals surface area contributed by atoms with Gasteiger partial charge in [-0.3, -0.25) is 0 Å². The molecule has 0 atom stereocenters. The summed E-state index contributed by atoms with van der Waals surface area (Å²) in [5, 5.41) is 12.1. The lowest BCUT2D eigenvalue weighted by atomic mass is 9.77. The Morgan fingerprint density at radius 2 is 1.82 bits per heavy atom. The molecule has 2 N–H and O–H groups in total. The predicted octanol–water partition coefficient (Wildman–Crippen LogP) is 3.52. The van der Waals surface area contributed by atoms with Gasteiger partial charge in [-0.15, -0.1) is 13.2 Å². The van der Waals surface area contributed by atoms with Gasteiger partial charge in [0.1, 0.15) is 11.3 Å². The molecular weight excluding hydrogens is 378 g/mol. The maximum absolute atomic E-state index is 12.6. The molecular formula is C18H23BF3NO5. The zero-order chi connectivity index (χ0) is 21.3. The van der Waals surface area contributed by atoms with E-state index in [4.69, 9.17) is 14.4 Å². The van der Waals surface area contributed by atoms with Gasteiger partial charge in [0.05, 0.1) is 11.2 Å². The quantitative estimate of drug-likeness (QED) is 0.711. The SMILES string of the molecule is CNCC(=Cc1ccc(C(=O)O)c(OC(F)(F)F)c1)B1OC(C)(C)C(C)(C)O1. The third-order valence-corrected chi connectivity index (χ3v) is 4.75. The van der Waals surface area contributed by atoms with Crippen LogP contribution in [0.25, 0.3) is 6.08 Å². The minimum Gasteiger partial charge on any atom is -0.478 e. The lowest BCUT2D eigenvalue weighted by Crippen LogP contribution is -2.41. The molecule has 1 aromatic carbocycles. The first-order chi connectivity index (χ1) is 12.8. The second-order valence-corrected chi connectivity index (χ2v) is 7.45. The number of alkyl halides is 3. The highest BCUT2D eigenvalue weighted by Crippen LogP contribution is 2.39. The fourth-order valence-electron chi connectivity index (χ4n) is 2.63. The van der Waals surface area contributed by atoms with Crippen molar-refractivity contribution in [3.8, 4) is 5.75 Å². The average molecular weight is 401 g/mol. The Hall–Kier alpha value is -2.04. The number of carboxylic acids is 1. The number of hydrogen-bond acceptors (Lipinski definition) is 5. The van der Waals surface area contributed by atoms with Crippen molar-refractivity contribution in [2.45, 2.75) is 45.3 Å². The van der Waals surface area contributed by atoms with E-state index in [2.05, 4.69) is 10.1 Å². The van der Waals surface area contributed by atoms with Crippen LogP contribution in [-0.4, -0.2) is 49.4 Å². The first kappa shape index (κ1) is 22.3. The first-order valence-electron chi connectivity index (χ1n) is 8.59. The van der Waals surface area contributed by atoms with Gasteiger partial charge in [-0.1, -0.05) is 12.1 Å². The van der Waals surface area contributed by atoms with Crippen LogP contribution < -0.4 is 10.1 Å². The van der Waals surface area contributed by atoms with Crippen LogP contribution in [0.2, 0.25) is 0 Å². The summed E-state index contributed by atoms with van der Waals surface area (Å²) >= 11 is 0. The van der Waals surface area contributed by atoms with Crippen molar-refractivity contribution in [3.63, 3.8) is 0 Å². The summed E-state index contributed by atoms with van der Waals surface area (Å²) in [7, 11) is 1.01. The molecule has 1 fully saturated rings. The van der Waals surface area contributed by atoms with Crippen LogP contribution in [0.5, 0.6) is 5.75 Å². The van der Waals surface area contributed by atoms with Crippen LogP contribution in [0.3, 0.4) is 0 Å². The fourth-order valence-corrected chi connectivity index (χ4v) is 2.63. The highest BCUT2D eigenvalue weighted by Gasteiger charge is 2.52. The average Bonchev–Trinajstić information content (AvgIpc) is 2.73. The van der Waals surface area contributed by atoms with Crippen LogP contribution in [0, 0.1) is 0 Å². The first-order valence-corrected chi connectivity index (χ1v) is 8.59. The Morgan fingerprint density at radius 3 is 2.29 bits per heavy atom. The molecule has 10 heteroatoms. The van der Waals surface area contributed by atoms with E-state index < -0.39 is 42.0 Å². The molecule has 0 aromatic heterocycles. The molecule has 0 amide bonds. The number of carboxylic acid groups (broad SMARTS) is 1. The van der Waals surface area contributed by atoms with Gasteiger partial charge < -0.3 is 24.5 Å². The van der Waals surface area contributed by atoms with E-state index in [9.17, 15) is 18.0 Å². The highest BCUT2D eigenvalue weighted by atomic mass is 19.4. The second-order valence-electron chi connectivity index (χ2n) is 7.45. The third kappa shape index (κ3) is 5.06. The lowest BCUT2D eigenvalue weighted by Gasteiger charge is -2.32. The Balaban J connectivity index is 2.42. The van der Waals surface area contributed by atoms with E-state index in [0.29, 0.717) is 17.6 Å². The summed E-state index contributed by atoms with van der Waals surface area (Å²) in [5.41, 5.74) is -0.781. The second kappa shape index (κ2) is 7.77. The van der Waals surface area contributed by atoms with Crippen LogP contribution in [0.1, 0.15) is 43.6 Å².